The largest absolute Gasteiger partial charge is 0.394 e. The molecule has 0 aliphatic carbocycles. The molecule has 9 heteroatoms. The molecule has 2 unspecified atom stereocenters. The number of para-hydroxylation sites is 1. The van der Waals surface area contributed by atoms with Gasteiger partial charge >= 0.3 is 0 Å². The van der Waals surface area contributed by atoms with Gasteiger partial charge in [-0.15, -0.1) is 13.2 Å². The molecule has 8 nitrogen and oxygen atoms in total. The van der Waals surface area contributed by atoms with Gasteiger partial charge in [-0.1, -0.05) is 69.1 Å². The quantitative estimate of drug-likeness (QED) is 0.288. The fraction of sp³-hybridized carbons (Fsp3) is 0.472. The number of amides is 3. The van der Waals surface area contributed by atoms with Crippen LogP contribution in [0.2, 0.25) is 5.02 Å². The fourth-order valence-electron chi connectivity index (χ4n) is 7.93. The number of ether oxygens (including phenoxy) is 1. The molecule has 240 valence electrons. The molecule has 0 aromatic heterocycles. The van der Waals surface area contributed by atoms with E-state index in [1.807, 2.05) is 51.1 Å². The zero-order valence-corrected chi connectivity index (χ0v) is 27.2. The molecule has 5 rings (SSSR count). The number of benzene rings is 2. The predicted octanol–water partition coefficient (Wildman–Crippen LogP) is 5.64. The summed E-state index contributed by atoms with van der Waals surface area (Å²) in [5.74, 6) is -2.69. The average Bonchev–Trinajstić information content (AvgIpc) is 3.67. The molecule has 0 radical (unpaired) electrons. The molecule has 3 aliphatic heterocycles. The molecule has 3 aliphatic rings. The van der Waals surface area contributed by atoms with Gasteiger partial charge in [-0.3, -0.25) is 14.4 Å². The highest BCUT2D eigenvalue weighted by atomic mass is 35.5. The van der Waals surface area contributed by atoms with Crippen LogP contribution in [0.3, 0.4) is 0 Å². The molecule has 3 heterocycles. The lowest BCUT2D eigenvalue weighted by Crippen LogP contribution is -2.60. The number of fused-ring (bicyclic) bond motifs is 1. The van der Waals surface area contributed by atoms with Crippen molar-refractivity contribution in [3.8, 4) is 0 Å². The highest BCUT2D eigenvalue weighted by molar-refractivity contribution is 6.30. The fourth-order valence-corrected chi connectivity index (χ4v) is 8.06. The van der Waals surface area contributed by atoms with E-state index in [-0.39, 0.29) is 43.3 Å². The normalized spacial score (nSPS) is 28.0. The van der Waals surface area contributed by atoms with Crippen LogP contribution in [0.4, 0.5) is 11.4 Å². The number of rotatable bonds is 13. The van der Waals surface area contributed by atoms with E-state index in [2.05, 4.69) is 13.2 Å². The monoisotopic (exact) mass is 633 g/mol. The molecule has 45 heavy (non-hydrogen) atoms. The van der Waals surface area contributed by atoms with E-state index in [0.717, 1.165) is 0 Å². The minimum Gasteiger partial charge on any atom is -0.394 e. The second-order valence-corrected chi connectivity index (χ2v) is 12.9. The van der Waals surface area contributed by atoms with Crippen LogP contribution in [0.5, 0.6) is 0 Å². The highest BCUT2D eigenvalue weighted by Gasteiger charge is 2.79. The number of hydrogen-bond acceptors (Lipinski definition) is 5. The Morgan fingerprint density at radius 2 is 1.62 bits per heavy atom. The second kappa shape index (κ2) is 13.1. The number of carbonyl (C=O) groups excluding carboxylic acids is 3. The SMILES string of the molecule is C=CCN(C(=O)C1N([C@@H](CO)[C@@H](C)CC)C(=O)[C@@H]2[C@@H](C(=O)N(CC=C)c3ccccc3)[C@@]3(CC)CCC12O3)c1ccc(Cl)cc1. The zero-order valence-electron chi connectivity index (χ0n) is 26.4. The molecule has 7 atom stereocenters. The van der Waals surface area contributed by atoms with E-state index in [4.69, 9.17) is 16.3 Å². The first kappa shape index (κ1) is 32.9. The second-order valence-electron chi connectivity index (χ2n) is 12.5. The zero-order chi connectivity index (χ0) is 32.5. The third-order valence-corrected chi connectivity index (χ3v) is 10.6. The molecular weight excluding hydrogens is 590 g/mol. The van der Waals surface area contributed by atoms with Gasteiger partial charge in [0.25, 0.3) is 5.91 Å². The molecule has 2 aromatic carbocycles. The van der Waals surface area contributed by atoms with Crippen molar-refractivity contribution in [1.29, 1.82) is 0 Å². The van der Waals surface area contributed by atoms with Crippen LogP contribution in [-0.4, -0.2) is 70.7 Å². The van der Waals surface area contributed by atoms with E-state index >= 15 is 0 Å². The van der Waals surface area contributed by atoms with Crippen molar-refractivity contribution < 1.29 is 24.2 Å². The van der Waals surface area contributed by atoms with Gasteiger partial charge in [0.05, 0.1) is 30.1 Å². The van der Waals surface area contributed by atoms with Gasteiger partial charge in [-0.25, -0.2) is 0 Å². The number of aliphatic hydroxyl groups excluding tert-OH is 1. The summed E-state index contributed by atoms with van der Waals surface area (Å²) in [6.07, 6.45) is 5.49. The summed E-state index contributed by atoms with van der Waals surface area (Å²) in [4.78, 5) is 49.4. The number of likely N-dealkylation sites (tertiary alicyclic amines) is 1. The maximum atomic E-state index is 14.9. The van der Waals surface area contributed by atoms with E-state index < -0.39 is 35.1 Å². The number of halogens is 1. The van der Waals surface area contributed by atoms with Crippen molar-refractivity contribution in [1.82, 2.24) is 4.90 Å². The van der Waals surface area contributed by atoms with Crippen LogP contribution in [0, 0.1) is 17.8 Å². The van der Waals surface area contributed by atoms with Crippen LogP contribution in [-0.2, 0) is 19.1 Å². The van der Waals surface area contributed by atoms with Gasteiger partial charge in [-0.2, -0.15) is 0 Å². The van der Waals surface area contributed by atoms with Gasteiger partial charge in [-0.05, 0) is 61.6 Å². The maximum Gasteiger partial charge on any atom is 0.253 e. The van der Waals surface area contributed by atoms with Crippen LogP contribution in [0.1, 0.15) is 46.5 Å². The summed E-state index contributed by atoms with van der Waals surface area (Å²) in [5, 5.41) is 11.3. The van der Waals surface area contributed by atoms with Crippen molar-refractivity contribution in [2.75, 3.05) is 29.5 Å². The molecule has 0 saturated carbocycles. The lowest BCUT2D eigenvalue weighted by molar-refractivity contribution is -0.150. The molecule has 2 aromatic rings. The lowest BCUT2D eigenvalue weighted by atomic mass is 9.64. The summed E-state index contributed by atoms with van der Waals surface area (Å²) < 4.78 is 7.03. The molecule has 1 N–H and O–H groups in total. The standard InChI is InChI=1S/C36H44ClN3O5/c1-6-21-38(26-13-11-10-12-14-26)32(42)29-30-33(43)40(28(23-41)24(5)8-3)31(36(30)20-19-35(29,9-4)45-36)34(44)39(22-7-2)27-17-15-25(37)16-18-27/h6-7,10-18,24,28-31,41H,1-2,8-9,19-23H2,3-5H3/t24-,28-,29-,30-,31?,35+,36?/m0/s1. The number of aliphatic hydroxyl groups is 1. The van der Waals surface area contributed by atoms with E-state index in [0.29, 0.717) is 42.1 Å². The number of anilines is 2. The first-order valence-electron chi connectivity index (χ1n) is 15.9. The Morgan fingerprint density at radius 3 is 2.18 bits per heavy atom. The van der Waals surface area contributed by atoms with Crippen molar-refractivity contribution in [3.05, 3.63) is 84.9 Å². The van der Waals surface area contributed by atoms with Crippen LogP contribution in [0.15, 0.2) is 79.9 Å². The molecule has 3 amide bonds. The topological polar surface area (TPSA) is 90.4 Å². The smallest absolute Gasteiger partial charge is 0.253 e. The summed E-state index contributed by atoms with van der Waals surface area (Å²) in [5.41, 5.74) is -0.848. The lowest BCUT2D eigenvalue weighted by Gasteiger charge is -2.41. The summed E-state index contributed by atoms with van der Waals surface area (Å²) in [6.45, 7) is 13.8. The summed E-state index contributed by atoms with van der Waals surface area (Å²) >= 11 is 6.18. The van der Waals surface area contributed by atoms with Gasteiger partial charge in [0.15, 0.2) is 0 Å². The maximum absolute atomic E-state index is 14.9. The third-order valence-electron chi connectivity index (χ3n) is 10.3. The van der Waals surface area contributed by atoms with Crippen molar-refractivity contribution in [2.45, 2.75) is 69.7 Å². The van der Waals surface area contributed by atoms with E-state index in [9.17, 15) is 19.5 Å². The third kappa shape index (κ3) is 5.30. The van der Waals surface area contributed by atoms with Crippen LogP contribution >= 0.6 is 11.6 Å². The van der Waals surface area contributed by atoms with Crippen molar-refractivity contribution in [2.24, 2.45) is 17.8 Å². The number of nitrogens with zero attached hydrogens (tertiary/aromatic N) is 3. The summed E-state index contributed by atoms with van der Waals surface area (Å²) in [6, 6.07) is 14.6. The Kier molecular flexibility index (Phi) is 9.59. The van der Waals surface area contributed by atoms with Gasteiger partial charge < -0.3 is 24.5 Å². The van der Waals surface area contributed by atoms with Gasteiger partial charge in [0.1, 0.15) is 11.6 Å². The molecule has 3 fully saturated rings. The number of hydrogen-bond donors (Lipinski definition) is 1. The highest BCUT2D eigenvalue weighted by Crippen LogP contribution is 2.65. The minimum absolute atomic E-state index is 0.110. The Balaban J connectivity index is 1.67. The Morgan fingerprint density at radius 1 is 1.02 bits per heavy atom. The average molecular weight is 634 g/mol. The van der Waals surface area contributed by atoms with E-state index in [1.54, 1.807) is 51.1 Å². The van der Waals surface area contributed by atoms with Gasteiger partial charge in [0.2, 0.25) is 11.8 Å². The van der Waals surface area contributed by atoms with Gasteiger partial charge in [0, 0.05) is 29.5 Å². The first-order valence-corrected chi connectivity index (χ1v) is 16.3. The van der Waals surface area contributed by atoms with Crippen LogP contribution in [0.25, 0.3) is 0 Å². The molecule has 2 bridgehead atoms. The Labute approximate surface area is 271 Å². The summed E-state index contributed by atoms with van der Waals surface area (Å²) in [7, 11) is 0. The Bertz CT molecular complexity index is 1430. The van der Waals surface area contributed by atoms with Crippen molar-refractivity contribution in [3.63, 3.8) is 0 Å². The van der Waals surface area contributed by atoms with Crippen LogP contribution < -0.4 is 9.80 Å². The molecule has 1 spiro atoms. The van der Waals surface area contributed by atoms with Crippen molar-refractivity contribution >= 4 is 40.7 Å². The van der Waals surface area contributed by atoms with E-state index in [1.165, 1.54) is 0 Å². The predicted molar refractivity (Wildman–Crippen MR) is 177 cm³/mol. The first-order chi connectivity index (χ1) is 21.6. The number of carbonyl (C=O) groups is 3. The molecule has 3 saturated heterocycles. The minimum atomic E-state index is -1.24. The Hall–Kier alpha value is -3.46. The molecular formula is C36H44ClN3O5.